The van der Waals surface area contributed by atoms with E-state index in [1.807, 2.05) is 129 Å². The molecule has 0 saturated heterocycles. The third-order valence-corrected chi connectivity index (χ3v) is 10.3. The number of benzene rings is 4. The summed E-state index contributed by atoms with van der Waals surface area (Å²) in [6, 6.07) is 28.2. The quantitative estimate of drug-likeness (QED) is 0.0539. The van der Waals surface area contributed by atoms with Gasteiger partial charge in [-0.1, -0.05) is 84.2 Å². The maximum Gasteiger partial charge on any atom is 0.347 e. The number of hydrogen-bond donors (Lipinski definition) is 4. The van der Waals surface area contributed by atoms with Crippen molar-refractivity contribution >= 4 is 82.5 Å². The molecule has 0 amide bonds. The van der Waals surface area contributed by atoms with Crippen LogP contribution in [0.2, 0.25) is 0 Å². The molecule has 15 nitrogen and oxygen atoms in total. The van der Waals surface area contributed by atoms with Gasteiger partial charge in [0.05, 0.1) is 17.6 Å². The van der Waals surface area contributed by atoms with E-state index in [2.05, 4.69) is 73.2 Å². The van der Waals surface area contributed by atoms with Gasteiger partial charge in [0.25, 0.3) is 5.56 Å². The summed E-state index contributed by atoms with van der Waals surface area (Å²) in [5, 5.41) is 19.4. The van der Waals surface area contributed by atoms with E-state index in [4.69, 9.17) is 24.7 Å². The zero-order valence-electron chi connectivity index (χ0n) is 41.3. The molecular weight excluding hydrogens is 1080 g/mol. The minimum atomic E-state index is -1.36. The predicted molar refractivity (Wildman–Crippen MR) is 282 cm³/mol. The number of carbonyl (C=O) groups is 3. The second-order valence-electron chi connectivity index (χ2n) is 19.2. The molecule has 372 valence electrons. The third-order valence-electron chi connectivity index (χ3n) is 9.01. The number of rotatable bonds is 11. The van der Waals surface area contributed by atoms with E-state index in [1.54, 1.807) is 38.1 Å². The Balaban J connectivity index is 0.000000284. The lowest BCUT2D eigenvalue weighted by Crippen LogP contribution is -2.37. The van der Waals surface area contributed by atoms with Crippen molar-refractivity contribution in [3.63, 3.8) is 0 Å². The second-order valence-corrected chi connectivity index (χ2v) is 23.0. The van der Waals surface area contributed by atoms with Crippen LogP contribution in [0.1, 0.15) is 95.6 Å². The smallest absolute Gasteiger partial charge is 0.347 e. The number of carboxylic acid groups (broad SMARTS) is 1. The topological polar surface area (TPSA) is 222 Å². The van der Waals surface area contributed by atoms with Crippen molar-refractivity contribution in [3.05, 3.63) is 116 Å². The number of anilines is 1. The molecule has 6 aromatic rings. The molecule has 18 heteroatoms. The first-order valence-corrected chi connectivity index (χ1v) is 24.2. The van der Waals surface area contributed by atoms with Crippen LogP contribution in [-0.4, -0.2) is 76.1 Å². The highest BCUT2D eigenvalue weighted by atomic mass is 79.9. The number of aliphatic carboxylic acids is 1. The van der Waals surface area contributed by atoms with Crippen molar-refractivity contribution in [2.75, 3.05) is 12.3 Å². The minimum absolute atomic E-state index is 0.129. The summed E-state index contributed by atoms with van der Waals surface area (Å²) in [6.45, 7) is 23.8. The largest absolute Gasteiger partial charge is 0.493 e. The number of carboxylic acids is 1. The lowest BCUT2D eigenvalue weighted by molar-refractivity contribution is -0.165. The van der Waals surface area contributed by atoms with Crippen molar-refractivity contribution < 1.29 is 38.4 Å². The fraction of sp³-hybridized carbons (Fsp3) is 0.392. The molecule has 0 fully saturated rings. The van der Waals surface area contributed by atoms with E-state index in [0.717, 1.165) is 31.3 Å². The van der Waals surface area contributed by atoms with Crippen molar-refractivity contribution in [1.29, 1.82) is 0 Å². The molecule has 0 atom stereocenters. The van der Waals surface area contributed by atoms with Crippen LogP contribution in [0.25, 0.3) is 33.7 Å². The number of halogens is 3. The number of H-pyrrole nitrogens is 2. The molecule has 2 heterocycles. The number of aromatic nitrogens is 5. The lowest BCUT2D eigenvalue weighted by Gasteiger charge is -2.28. The highest BCUT2D eigenvalue weighted by molar-refractivity contribution is 9.11. The summed E-state index contributed by atoms with van der Waals surface area (Å²) in [5.74, 6) is -0.185. The van der Waals surface area contributed by atoms with Crippen LogP contribution in [0.4, 0.5) is 5.69 Å². The second kappa shape index (κ2) is 24.3. The predicted octanol–water partition coefficient (Wildman–Crippen LogP) is 11.9. The molecule has 0 unspecified atom stereocenters. The first-order chi connectivity index (χ1) is 31.8. The summed E-state index contributed by atoms with van der Waals surface area (Å²) in [6.07, 6.45) is 0.668. The maximum absolute atomic E-state index is 12.3. The standard InChI is InChI=1S/C22H21N5O5.C15H21BrO2.C8H15BrO2.C6H6BrN/c1-4-31-16-11-13(12-6-5-7-14(10-12)32-22(2,3)21(29)30)8-9-15(16)18-23-19-17(20(28)24-18)25-27-26-19;1-14(2,3)18-13(17)15(4,5)10-11-7-6-8-12(16)9-11;1-7(2,3)11-6(10)8(4,5)9;7-5-2-1-3-6(8)4-5/h5-11H,4H2,1-3H3,(H,29,30)(H2,23,24,25,26,27,28);6-9H,10H2,1-5H3;1-5H3;1-4H,8H2. The molecule has 69 heavy (non-hydrogen) atoms. The molecule has 0 radical (unpaired) electrons. The summed E-state index contributed by atoms with van der Waals surface area (Å²) in [7, 11) is 0. The Morgan fingerprint density at radius 2 is 1.30 bits per heavy atom. The average Bonchev–Trinajstić information content (AvgIpc) is 3.70. The van der Waals surface area contributed by atoms with Crippen LogP contribution in [0, 0.1) is 5.41 Å². The third kappa shape index (κ3) is 19.4. The maximum atomic E-state index is 12.3. The zero-order valence-corrected chi connectivity index (χ0v) is 46.1. The molecule has 6 rings (SSSR count). The fourth-order valence-electron chi connectivity index (χ4n) is 5.69. The van der Waals surface area contributed by atoms with E-state index in [-0.39, 0.29) is 23.1 Å². The molecule has 0 saturated carbocycles. The normalized spacial score (nSPS) is 11.7. The van der Waals surface area contributed by atoms with Crippen LogP contribution in [0.3, 0.4) is 0 Å². The van der Waals surface area contributed by atoms with Crippen molar-refractivity contribution in [1.82, 2.24) is 25.4 Å². The summed E-state index contributed by atoms with van der Waals surface area (Å²) in [5.41, 5.74) is 6.78. The van der Waals surface area contributed by atoms with E-state index in [0.29, 0.717) is 35.9 Å². The Morgan fingerprint density at radius 3 is 1.83 bits per heavy atom. The molecule has 0 bridgehead atoms. The Hall–Kier alpha value is -5.59. The number of nitrogens with two attached hydrogens (primary N) is 1. The van der Waals surface area contributed by atoms with Crippen molar-refractivity contribution in [3.8, 4) is 34.0 Å². The number of aromatic amines is 2. The SMILES string of the molecule is CC(C)(C)OC(=O)C(C)(C)Br.CC(C)(C)OC(=O)C(C)(C)Cc1cccc(Br)c1.CCOc1cc(-c2cccc(OC(C)(C)C(=O)O)c2)ccc1-c1nc2n[nH]nc2c(=O)[nH]1.Nc1cccc(Br)c1. The van der Waals surface area contributed by atoms with Gasteiger partial charge in [-0.3, -0.25) is 14.4 Å². The molecule has 2 aromatic heterocycles. The average molecular weight is 1140 g/mol. The Morgan fingerprint density at radius 1 is 0.725 bits per heavy atom. The molecule has 0 aliphatic heterocycles. The summed E-state index contributed by atoms with van der Waals surface area (Å²) < 4.78 is 23.5. The number of ether oxygens (including phenoxy) is 4. The first-order valence-electron chi connectivity index (χ1n) is 21.8. The Kier molecular flexibility index (Phi) is 20.3. The molecule has 0 aliphatic rings. The molecular formula is C51H63Br3N6O9. The van der Waals surface area contributed by atoms with Crippen LogP contribution in [-0.2, 0) is 30.3 Å². The van der Waals surface area contributed by atoms with Crippen LogP contribution in [0.15, 0.2) is 105 Å². The van der Waals surface area contributed by atoms with Gasteiger partial charge in [-0.25, -0.2) is 9.78 Å². The van der Waals surface area contributed by atoms with E-state index >= 15 is 0 Å². The van der Waals surface area contributed by atoms with E-state index < -0.39 is 38.1 Å². The summed E-state index contributed by atoms with van der Waals surface area (Å²) >= 11 is 9.94. The number of hydrogen-bond acceptors (Lipinski definition) is 12. The number of nitrogen functional groups attached to an aromatic ring is 1. The van der Waals surface area contributed by atoms with Gasteiger partial charge in [0.1, 0.15) is 32.8 Å². The van der Waals surface area contributed by atoms with Crippen LogP contribution in [0.5, 0.6) is 11.5 Å². The van der Waals surface area contributed by atoms with Gasteiger partial charge in [-0.05, 0) is 168 Å². The molecule has 0 spiro atoms. The number of carbonyl (C=O) groups excluding carboxylic acids is 2. The number of fused-ring (bicyclic) bond motifs is 1. The van der Waals surface area contributed by atoms with Gasteiger partial charge >= 0.3 is 17.9 Å². The minimum Gasteiger partial charge on any atom is -0.493 e. The van der Waals surface area contributed by atoms with Gasteiger partial charge < -0.3 is 34.8 Å². The van der Waals surface area contributed by atoms with E-state index in [1.165, 1.54) is 13.8 Å². The van der Waals surface area contributed by atoms with Gasteiger partial charge in [-0.15, -0.1) is 10.2 Å². The monoisotopic (exact) mass is 1140 g/mol. The van der Waals surface area contributed by atoms with Gasteiger partial charge in [0.2, 0.25) is 5.65 Å². The Bertz CT molecular complexity index is 2730. The summed E-state index contributed by atoms with van der Waals surface area (Å²) in [4.78, 5) is 54.1. The van der Waals surface area contributed by atoms with E-state index in [9.17, 15) is 24.3 Å². The lowest BCUT2D eigenvalue weighted by atomic mass is 9.85. The Labute approximate surface area is 429 Å². The van der Waals surface area contributed by atoms with Crippen LogP contribution >= 0.6 is 47.8 Å². The highest BCUT2D eigenvalue weighted by Gasteiger charge is 2.33. The van der Waals surface area contributed by atoms with Crippen molar-refractivity contribution in [2.45, 2.75) is 118 Å². The number of nitrogens with one attached hydrogen (secondary N) is 2. The number of alkyl halides is 1. The number of nitrogens with zero attached hydrogens (tertiary/aromatic N) is 3. The molecule has 4 aromatic carbocycles. The zero-order chi connectivity index (χ0) is 52.1. The van der Waals surface area contributed by atoms with Gasteiger partial charge in [-0.2, -0.15) is 5.21 Å². The number of esters is 2. The van der Waals surface area contributed by atoms with Gasteiger partial charge in [0.15, 0.2) is 11.1 Å². The fourth-order valence-corrected chi connectivity index (χ4v) is 6.63. The van der Waals surface area contributed by atoms with Crippen LogP contribution < -0.4 is 20.8 Å². The molecule has 0 aliphatic carbocycles. The van der Waals surface area contributed by atoms with Crippen molar-refractivity contribution in [2.24, 2.45) is 5.41 Å². The first kappa shape index (κ1) is 57.7. The molecule has 5 N–H and O–H groups in total. The highest BCUT2D eigenvalue weighted by Crippen LogP contribution is 2.35. The van der Waals surface area contributed by atoms with Gasteiger partial charge in [0, 0.05) is 14.6 Å².